The molecule has 4 rings (SSSR count). The van der Waals surface area contributed by atoms with Gasteiger partial charge in [0.1, 0.15) is 11.0 Å². The number of nitrogens with zero attached hydrogens (tertiary/aromatic N) is 4. The summed E-state index contributed by atoms with van der Waals surface area (Å²) in [6.07, 6.45) is 2.44. The van der Waals surface area contributed by atoms with E-state index in [4.69, 9.17) is 16.0 Å². The summed E-state index contributed by atoms with van der Waals surface area (Å²) < 4.78 is 20.4. The van der Waals surface area contributed by atoms with Crippen molar-refractivity contribution >= 4 is 34.7 Å². The summed E-state index contributed by atoms with van der Waals surface area (Å²) in [5.41, 5.74) is 1.07. The summed E-state index contributed by atoms with van der Waals surface area (Å²) in [4.78, 5) is 34.8. The molecule has 0 bridgehead atoms. The topological polar surface area (TPSA) is 69.9 Å². The number of amides is 1. The smallest absolute Gasteiger partial charge is 0.293 e. The van der Waals surface area contributed by atoms with Crippen molar-refractivity contribution < 1.29 is 19.8 Å². The zero-order valence-electron chi connectivity index (χ0n) is 18.6. The van der Waals surface area contributed by atoms with E-state index in [2.05, 4.69) is 9.88 Å². The highest BCUT2D eigenvalue weighted by molar-refractivity contribution is 6.33. The number of benzene rings is 1. The number of likely N-dealkylation sites (N-methyl/N-ethyl adjacent to an activating group) is 1. The molecule has 2 aromatic heterocycles. The molecule has 7 nitrogen and oxygen atoms in total. The second-order valence-electron chi connectivity index (χ2n) is 8.19. The predicted molar refractivity (Wildman–Crippen MR) is 127 cm³/mol. The Balaban J connectivity index is 0.00000324. The summed E-state index contributed by atoms with van der Waals surface area (Å²) in [6.45, 7) is 1.53. The Hall–Kier alpha value is -3.23. The molecule has 1 fully saturated rings. The van der Waals surface area contributed by atoms with Gasteiger partial charge >= 0.3 is 0 Å². The number of hydrogen-bond donors (Lipinski definition) is 0. The number of carbonyl (C=O) groups excluding carboxylic acids is 2. The number of pyridine rings is 1. The van der Waals surface area contributed by atoms with Gasteiger partial charge in [-0.25, -0.2) is 9.37 Å². The minimum absolute atomic E-state index is 0. The Morgan fingerprint density at radius 3 is 2.61 bits per heavy atom. The Bertz CT molecular complexity index is 1200. The highest BCUT2D eigenvalue weighted by atomic mass is 35.5. The average molecular weight is 473 g/mol. The second kappa shape index (κ2) is 9.33. The van der Waals surface area contributed by atoms with Crippen LogP contribution in [0.3, 0.4) is 0 Å². The number of ketones is 1. The molecule has 3 aromatic rings. The van der Waals surface area contributed by atoms with Crippen LogP contribution in [0.4, 0.5) is 15.8 Å². The van der Waals surface area contributed by atoms with Crippen LogP contribution in [0.25, 0.3) is 0 Å². The maximum atomic E-state index is 14.9. The molecule has 174 valence electrons. The molecule has 33 heavy (non-hydrogen) atoms. The molecular weight excluding hydrogens is 447 g/mol. The van der Waals surface area contributed by atoms with Crippen molar-refractivity contribution in [3.8, 4) is 0 Å². The van der Waals surface area contributed by atoms with E-state index in [1.165, 1.54) is 42.4 Å². The molecule has 1 unspecified atom stereocenters. The van der Waals surface area contributed by atoms with Gasteiger partial charge in [0.05, 0.1) is 11.3 Å². The van der Waals surface area contributed by atoms with Crippen LogP contribution in [0, 0.1) is 5.82 Å². The van der Waals surface area contributed by atoms with Crippen molar-refractivity contribution in [3.05, 3.63) is 76.7 Å². The van der Waals surface area contributed by atoms with Crippen molar-refractivity contribution in [3.63, 3.8) is 0 Å². The number of halogens is 2. The third-order valence-corrected chi connectivity index (χ3v) is 6.20. The van der Waals surface area contributed by atoms with Gasteiger partial charge in [-0.3, -0.25) is 9.59 Å². The van der Waals surface area contributed by atoms with Crippen molar-refractivity contribution in [2.75, 3.05) is 44.0 Å². The lowest BCUT2D eigenvalue weighted by Gasteiger charge is -2.23. The van der Waals surface area contributed by atoms with Gasteiger partial charge in [0.25, 0.3) is 5.91 Å². The van der Waals surface area contributed by atoms with Crippen LogP contribution in [0.5, 0.6) is 0 Å². The van der Waals surface area contributed by atoms with Gasteiger partial charge in [-0.15, -0.1) is 0 Å². The van der Waals surface area contributed by atoms with Crippen LogP contribution in [0.15, 0.2) is 53.1 Å². The van der Waals surface area contributed by atoms with E-state index in [0.717, 1.165) is 19.5 Å². The van der Waals surface area contributed by atoms with Crippen molar-refractivity contribution in [1.29, 1.82) is 0 Å². The summed E-state index contributed by atoms with van der Waals surface area (Å²) in [6, 6.07) is 11.0. The molecule has 1 atom stereocenters. The van der Waals surface area contributed by atoms with E-state index in [9.17, 15) is 14.0 Å². The monoisotopic (exact) mass is 472 g/mol. The quantitative estimate of drug-likeness (QED) is 0.392. The van der Waals surface area contributed by atoms with Gasteiger partial charge in [0.2, 0.25) is 5.78 Å². The standard InChI is InChI=1S/C24H24ClFN4O3.H2/c1-28(2)16-10-12-30(14-16)19-7-6-15(13-18(19)26)29(3)24(32)21-9-8-20(33-21)22(31)17-5-4-11-27-23(17)25;/h4-9,11,13,16H,10,12,14H2,1-3H3;1H. The van der Waals surface area contributed by atoms with Crippen LogP contribution in [0.1, 0.15) is 34.5 Å². The lowest BCUT2D eigenvalue weighted by atomic mass is 10.1. The molecular formula is C24H26ClFN4O3. The molecule has 1 aromatic carbocycles. The molecule has 3 heterocycles. The fourth-order valence-electron chi connectivity index (χ4n) is 3.89. The molecule has 0 saturated carbocycles. The summed E-state index contributed by atoms with van der Waals surface area (Å²) in [5, 5.41) is 0.0503. The van der Waals surface area contributed by atoms with E-state index in [1.807, 2.05) is 19.0 Å². The summed E-state index contributed by atoms with van der Waals surface area (Å²) >= 11 is 5.98. The normalized spacial score (nSPS) is 15.8. The highest BCUT2D eigenvalue weighted by Gasteiger charge is 2.27. The molecule has 0 aliphatic carbocycles. The van der Waals surface area contributed by atoms with E-state index in [-0.39, 0.29) is 23.7 Å². The van der Waals surface area contributed by atoms with Crippen LogP contribution in [-0.2, 0) is 0 Å². The molecule has 1 amide bonds. The van der Waals surface area contributed by atoms with E-state index in [1.54, 1.807) is 18.2 Å². The summed E-state index contributed by atoms with van der Waals surface area (Å²) in [5.74, 6) is -1.46. The number of rotatable bonds is 6. The van der Waals surface area contributed by atoms with Crippen LogP contribution in [-0.4, -0.2) is 61.8 Å². The number of furan rings is 1. The van der Waals surface area contributed by atoms with Crippen LogP contribution in [0.2, 0.25) is 5.15 Å². The number of carbonyl (C=O) groups is 2. The average Bonchev–Trinajstić information content (AvgIpc) is 3.48. The Labute approximate surface area is 197 Å². The Morgan fingerprint density at radius 1 is 1.18 bits per heavy atom. The minimum atomic E-state index is -0.507. The van der Waals surface area contributed by atoms with Gasteiger partial charge in [-0.05, 0) is 63.0 Å². The van der Waals surface area contributed by atoms with Crippen LogP contribution < -0.4 is 9.80 Å². The largest absolute Gasteiger partial charge is 0.447 e. The minimum Gasteiger partial charge on any atom is -0.447 e. The van der Waals surface area contributed by atoms with Crippen LogP contribution >= 0.6 is 11.6 Å². The van der Waals surface area contributed by atoms with Gasteiger partial charge in [0, 0.05) is 39.5 Å². The van der Waals surface area contributed by atoms with E-state index >= 15 is 0 Å². The molecule has 0 spiro atoms. The predicted octanol–water partition coefficient (Wildman–Crippen LogP) is 4.36. The first kappa shape index (κ1) is 22.9. The molecule has 0 radical (unpaired) electrons. The first-order chi connectivity index (χ1) is 15.8. The molecule has 1 saturated heterocycles. The molecule has 1 aliphatic heterocycles. The zero-order chi connectivity index (χ0) is 23.7. The fourth-order valence-corrected chi connectivity index (χ4v) is 4.09. The van der Waals surface area contributed by atoms with Crippen molar-refractivity contribution in [2.45, 2.75) is 12.5 Å². The molecule has 9 heteroatoms. The van der Waals surface area contributed by atoms with Gasteiger partial charge < -0.3 is 19.1 Å². The number of hydrogen-bond acceptors (Lipinski definition) is 6. The maximum Gasteiger partial charge on any atom is 0.293 e. The number of aromatic nitrogens is 1. The van der Waals surface area contributed by atoms with Gasteiger partial charge in [0.15, 0.2) is 11.5 Å². The Kier molecular flexibility index (Phi) is 6.49. The lowest BCUT2D eigenvalue weighted by Crippen LogP contribution is -2.31. The van der Waals surface area contributed by atoms with Gasteiger partial charge in [-0.2, -0.15) is 0 Å². The highest BCUT2D eigenvalue weighted by Crippen LogP contribution is 2.29. The second-order valence-corrected chi connectivity index (χ2v) is 8.54. The maximum absolute atomic E-state index is 14.9. The first-order valence-electron chi connectivity index (χ1n) is 10.5. The lowest BCUT2D eigenvalue weighted by molar-refractivity contribution is 0.0956. The third-order valence-electron chi connectivity index (χ3n) is 5.90. The Morgan fingerprint density at radius 2 is 1.94 bits per heavy atom. The first-order valence-corrected chi connectivity index (χ1v) is 10.9. The fraction of sp³-hybridized carbons (Fsp3) is 0.292. The molecule has 1 aliphatic rings. The van der Waals surface area contributed by atoms with E-state index < -0.39 is 17.5 Å². The number of anilines is 2. The summed E-state index contributed by atoms with van der Waals surface area (Å²) in [7, 11) is 5.57. The van der Waals surface area contributed by atoms with Crippen molar-refractivity contribution in [1.82, 2.24) is 9.88 Å². The SMILES string of the molecule is CN(C(=O)c1ccc(C(=O)c2cccnc2Cl)o1)c1ccc(N2CCC(N(C)C)C2)c(F)c1.[HH]. The molecule has 0 N–H and O–H groups in total. The van der Waals surface area contributed by atoms with Gasteiger partial charge in [-0.1, -0.05) is 11.6 Å². The van der Waals surface area contributed by atoms with E-state index in [0.29, 0.717) is 17.4 Å². The zero-order valence-corrected chi connectivity index (χ0v) is 19.3. The van der Waals surface area contributed by atoms with Crippen molar-refractivity contribution in [2.24, 2.45) is 0 Å². The third kappa shape index (κ3) is 4.62.